The number of nitrogens with zero attached hydrogens (tertiary/aromatic N) is 2. The van der Waals surface area contributed by atoms with E-state index in [0.29, 0.717) is 14.9 Å². The van der Waals surface area contributed by atoms with Gasteiger partial charge in [-0.3, -0.25) is 9.69 Å². The molecule has 0 saturated carbocycles. The van der Waals surface area contributed by atoms with Gasteiger partial charge >= 0.3 is 5.97 Å². The third kappa shape index (κ3) is 3.06. The zero-order chi connectivity index (χ0) is 16.6. The smallest absolute Gasteiger partial charge is 0.335 e. The summed E-state index contributed by atoms with van der Waals surface area (Å²) in [5.74, 6) is -1.29. The number of amides is 1. The molecular weight excluding hydrogens is 332 g/mol. The Kier molecular flexibility index (Phi) is 4.06. The average molecular weight is 344 g/mol. The highest BCUT2D eigenvalue weighted by Gasteiger charge is 2.33. The number of anilines is 1. The van der Waals surface area contributed by atoms with Crippen molar-refractivity contribution in [2.45, 2.75) is 0 Å². The van der Waals surface area contributed by atoms with Crippen LogP contribution >= 0.6 is 24.0 Å². The number of rotatable bonds is 3. The van der Waals surface area contributed by atoms with Crippen LogP contribution in [0.25, 0.3) is 6.08 Å². The van der Waals surface area contributed by atoms with Crippen molar-refractivity contribution in [2.24, 2.45) is 7.05 Å². The highest BCUT2D eigenvalue weighted by molar-refractivity contribution is 8.27. The molecule has 1 aliphatic rings. The van der Waals surface area contributed by atoms with Crippen LogP contribution in [0.2, 0.25) is 0 Å². The van der Waals surface area contributed by atoms with Crippen molar-refractivity contribution < 1.29 is 14.7 Å². The molecule has 1 amide bonds. The van der Waals surface area contributed by atoms with Crippen LogP contribution in [0, 0.1) is 0 Å². The first kappa shape index (κ1) is 15.5. The summed E-state index contributed by atoms with van der Waals surface area (Å²) in [5, 5.41) is 9.08. The number of aromatic carboxylic acids is 1. The van der Waals surface area contributed by atoms with Crippen LogP contribution in [0.3, 0.4) is 0 Å². The molecule has 1 fully saturated rings. The third-order valence-electron chi connectivity index (χ3n) is 3.30. The number of aryl methyl sites for hydroxylation is 1. The lowest BCUT2D eigenvalue weighted by molar-refractivity contribution is -0.113. The predicted molar refractivity (Wildman–Crippen MR) is 94.5 cm³/mol. The summed E-state index contributed by atoms with van der Waals surface area (Å²) >= 11 is 6.49. The molecule has 5 nitrogen and oxygen atoms in total. The van der Waals surface area contributed by atoms with Crippen molar-refractivity contribution >= 4 is 51.9 Å². The lowest BCUT2D eigenvalue weighted by Gasteiger charge is -2.14. The number of carboxylic acids is 1. The largest absolute Gasteiger partial charge is 0.478 e. The lowest BCUT2D eigenvalue weighted by atomic mass is 10.2. The number of carbonyl (C=O) groups excluding carboxylic acids is 1. The number of thioether (sulfide) groups is 1. The van der Waals surface area contributed by atoms with Gasteiger partial charge in [-0.1, -0.05) is 30.0 Å². The highest BCUT2D eigenvalue weighted by Crippen LogP contribution is 2.36. The highest BCUT2D eigenvalue weighted by atomic mass is 32.2. The van der Waals surface area contributed by atoms with Gasteiger partial charge < -0.3 is 9.67 Å². The SMILES string of the molecule is Cn1ccc(C=C2SC(=S)N(c3cccc(C(=O)O)c3)C2=O)c1. The molecule has 23 heavy (non-hydrogen) atoms. The zero-order valence-electron chi connectivity index (χ0n) is 12.1. The average Bonchev–Trinajstić information content (AvgIpc) is 3.03. The number of thiocarbonyl (C=S) groups is 1. The Hall–Kier alpha value is -2.38. The second-order valence-corrected chi connectivity index (χ2v) is 6.66. The minimum Gasteiger partial charge on any atom is -0.478 e. The molecule has 1 N–H and O–H groups in total. The fourth-order valence-corrected chi connectivity index (χ4v) is 3.53. The topological polar surface area (TPSA) is 62.5 Å². The van der Waals surface area contributed by atoms with Crippen LogP contribution in [0.5, 0.6) is 0 Å². The number of hydrogen-bond donors (Lipinski definition) is 1. The third-order valence-corrected chi connectivity index (χ3v) is 4.60. The van der Waals surface area contributed by atoms with Crippen LogP contribution in [0.1, 0.15) is 15.9 Å². The van der Waals surface area contributed by atoms with Gasteiger partial charge in [0.25, 0.3) is 5.91 Å². The van der Waals surface area contributed by atoms with E-state index in [1.165, 1.54) is 28.8 Å². The summed E-state index contributed by atoms with van der Waals surface area (Å²) in [6, 6.07) is 8.08. The predicted octanol–water partition coefficient (Wildman–Crippen LogP) is 3.13. The van der Waals surface area contributed by atoms with E-state index < -0.39 is 5.97 Å². The standard InChI is InChI=1S/C16H12N2O3S2/c1-17-6-5-10(9-17)7-13-14(19)18(16(22)23-13)12-4-2-3-11(8-12)15(20)21/h2-9H,1H3,(H,20,21). The Morgan fingerprint density at radius 2 is 2.13 bits per heavy atom. The van der Waals surface area contributed by atoms with E-state index in [1.54, 1.807) is 18.2 Å². The maximum absolute atomic E-state index is 12.6. The summed E-state index contributed by atoms with van der Waals surface area (Å²) in [7, 11) is 1.90. The Morgan fingerprint density at radius 3 is 2.78 bits per heavy atom. The van der Waals surface area contributed by atoms with Crippen molar-refractivity contribution in [2.75, 3.05) is 4.90 Å². The minimum absolute atomic E-state index is 0.114. The normalized spacial score (nSPS) is 16.4. The Morgan fingerprint density at radius 1 is 1.35 bits per heavy atom. The van der Waals surface area contributed by atoms with Gasteiger partial charge in [-0.15, -0.1) is 0 Å². The summed E-state index contributed by atoms with van der Waals surface area (Å²) < 4.78 is 2.28. The molecular formula is C16H12N2O3S2. The minimum atomic E-state index is -1.04. The molecule has 0 atom stereocenters. The fraction of sp³-hybridized carbons (Fsp3) is 0.0625. The molecule has 2 heterocycles. The van der Waals surface area contributed by atoms with Crippen molar-refractivity contribution in [1.29, 1.82) is 0 Å². The van der Waals surface area contributed by atoms with Gasteiger partial charge in [-0.25, -0.2) is 4.79 Å². The van der Waals surface area contributed by atoms with Crippen LogP contribution in [0.15, 0.2) is 47.6 Å². The second kappa shape index (κ2) is 6.02. The number of benzene rings is 1. The van der Waals surface area contributed by atoms with E-state index in [2.05, 4.69) is 0 Å². The van der Waals surface area contributed by atoms with Gasteiger partial charge in [0.15, 0.2) is 4.32 Å². The van der Waals surface area contributed by atoms with E-state index >= 15 is 0 Å². The first-order valence-corrected chi connectivity index (χ1v) is 7.91. The molecule has 1 aliphatic heterocycles. The van der Waals surface area contributed by atoms with Gasteiger partial charge in [-0.2, -0.15) is 0 Å². The van der Waals surface area contributed by atoms with Crippen LogP contribution < -0.4 is 4.90 Å². The molecule has 3 rings (SSSR count). The fourth-order valence-electron chi connectivity index (χ4n) is 2.23. The first-order valence-electron chi connectivity index (χ1n) is 6.69. The summed E-state index contributed by atoms with van der Waals surface area (Å²) in [6.07, 6.45) is 5.57. The van der Waals surface area contributed by atoms with Gasteiger partial charge in [0.05, 0.1) is 16.2 Å². The molecule has 1 aromatic carbocycles. The summed E-state index contributed by atoms with van der Waals surface area (Å²) in [5.41, 5.74) is 1.49. The Bertz CT molecular complexity index is 855. The number of aromatic nitrogens is 1. The van der Waals surface area contributed by atoms with Crippen molar-refractivity contribution in [3.8, 4) is 0 Å². The van der Waals surface area contributed by atoms with Gasteiger partial charge in [0, 0.05) is 19.4 Å². The van der Waals surface area contributed by atoms with Gasteiger partial charge in [-0.05, 0) is 35.9 Å². The molecule has 0 aliphatic carbocycles. The number of carbonyl (C=O) groups is 2. The van der Waals surface area contributed by atoms with E-state index in [1.807, 2.05) is 30.1 Å². The van der Waals surface area contributed by atoms with Crippen molar-refractivity contribution in [3.05, 3.63) is 58.8 Å². The summed E-state index contributed by atoms with van der Waals surface area (Å²) in [4.78, 5) is 25.6. The molecule has 0 spiro atoms. The number of hydrogen-bond acceptors (Lipinski definition) is 4. The molecule has 0 radical (unpaired) electrons. The van der Waals surface area contributed by atoms with Crippen molar-refractivity contribution in [3.63, 3.8) is 0 Å². The van der Waals surface area contributed by atoms with Gasteiger partial charge in [0.2, 0.25) is 0 Å². The molecule has 7 heteroatoms. The summed E-state index contributed by atoms with van der Waals surface area (Å²) in [6.45, 7) is 0. The van der Waals surface area contributed by atoms with Crippen LogP contribution in [0.4, 0.5) is 5.69 Å². The van der Waals surface area contributed by atoms with Crippen molar-refractivity contribution in [1.82, 2.24) is 4.57 Å². The first-order chi connectivity index (χ1) is 11.0. The lowest BCUT2D eigenvalue weighted by Crippen LogP contribution is -2.27. The maximum atomic E-state index is 12.6. The molecule has 0 unspecified atom stereocenters. The number of carboxylic acid groups (broad SMARTS) is 1. The molecule has 116 valence electrons. The van der Waals surface area contributed by atoms with Crippen LogP contribution in [-0.4, -0.2) is 25.9 Å². The van der Waals surface area contributed by atoms with E-state index in [9.17, 15) is 9.59 Å². The Balaban J connectivity index is 1.94. The van der Waals surface area contributed by atoms with E-state index in [0.717, 1.165) is 5.56 Å². The molecule has 0 bridgehead atoms. The zero-order valence-corrected chi connectivity index (χ0v) is 13.7. The van der Waals surface area contributed by atoms with Gasteiger partial charge in [0.1, 0.15) is 0 Å². The monoisotopic (exact) mass is 344 g/mol. The Labute approximate surface area is 142 Å². The maximum Gasteiger partial charge on any atom is 0.335 e. The quantitative estimate of drug-likeness (QED) is 0.685. The van der Waals surface area contributed by atoms with E-state index in [4.69, 9.17) is 17.3 Å². The molecule has 2 aromatic rings. The second-order valence-electron chi connectivity index (χ2n) is 4.98. The van der Waals surface area contributed by atoms with Crippen LogP contribution in [-0.2, 0) is 11.8 Å². The molecule has 1 saturated heterocycles. The van der Waals surface area contributed by atoms with E-state index in [-0.39, 0.29) is 11.5 Å². The molecule has 1 aromatic heterocycles.